The predicted octanol–water partition coefficient (Wildman–Crippen LogP) is 0.346. The number of thiocarbonyl (C=S) groups is 1. The molecule has 2 N–H and O–H groups in total. The first-order valence-corrected chi connectivity index (χ1v) is 4.60. The van der Waals surface area contributed by atoms with Gasteiger partial charge in [0, 0.05) is 18.9 Å². The molecular formula is C8H13N3OS. The number of aryl methyl sites for hydroxylation is 1. The van der Waals surface area contributed by atoms with Crippen LogP contribution in [0.25, 0.3) is 0 Å². The molecule has 0 fully saturated rings. The topological polar surface area (TPSA) is 52.9 Å². The molecule has 5 heteroatoms. The zero-order valence-electron chi connectivity index (χ0n) is 7.56. The van der Waals surface area contributed by atoms with Crippen molar-refractivity contribution in [2.45, 2.75) is 26.4 Å². The molecule has 1 heterocycles. The highest BCUT2D eigenvalue weighted by Gasteiger charge is 2.02. The summed E-state index contributed by atoms with van der Waals surface area (Å²) in [5.41, 5.74) is 5.29. The second-order valence-corrected chi connectivity index (χ2v) is 3.39. The van der Waals surface area contributed by atoms with Gasteiger partial charge in [0.25, 0.3) is 0 Å². The standard InChI is InChI=1S/C8H13N3OS/c1-2-3-10-4-5-11(8(10)12)6-7(9)13/h4-5H,2-3,6H2,1H3,(H2,9,13). The highest BCUT2D eigenvalue weighted by molar-refractivity contribution is 7.80. The minimum atomic E-state index is -0.0466. The van der Waals surface area contributed by atoms with E-state index in [0.29, 0.717) is 11.5 Å². The molecular weight excluding hydrogens is 186 g/mol. The Kier molecular flexibility index (Phi) is 3.25. The second kappa shape index (κ2) is 4.23. The van der Waals surface area contributed by atoms with E-state index in [1.165, 1.54) is 4.57 Å². The van der Waals surface area contributed by atoms with Crippen molar-refractivity contribution in [3.63, 3.8) is 0 Å². The number of hydrogen-bond acceptors (Lipinski definition) is 2. The highest BCUT2D eigenvalue weighted by atomic mass is 32.1. The fourth-order valence-corrected chi connectivity index (χ4v) is 1.29. The molecule has 0 aliphatic rings. The molecule has 0 atom stereocenters. The summed E-state index contributed by atoms with van der Waals surface area (Å²) in [5, 5.41) is 0. The summed E-state index contributed by atoms with van der Waals surface area (Å²) in [5.74, 6) is 0. The van der Waals surface area contributed by atoms with Gasteiger partial charge >= 0.3 is 5.69 Å². The van der Waals surface area contributed by atoms with Crippen LogP contribution in [0.3, 0.4) is 0 Å². The maximum Gasteiger partial charge on any atom is 0.328 e. The number of aromatic nitrogens is 2. The molecule has 0 radical (unpaired) electrons. The van der Waals surface area contributed by atoms with Crippen molar-refractivity contribution in [1.29, 1.82) is 0 Å². The molecule has 0 saturated heterocycles. The molecule has 72 valence electrons. The van der Waals surface area contributed by atoms with Crippen molar-refractivity contribution < 1.29 is 0 Å². The first-order chi connectivity index (χ1) is 6.15. The van der Waals surface area contributed by atoms with Crippen molar-refractivity contribution in [3.05, 3.63) is 22.9 Å². The summed E-state index contributed by atoms with van der Waals surface area (Å²) in [7, 11) is 0. The number of nitrogens with zero attached hydrogens (tertiary/aromatic N) is 2. The lowest BCUT2D eigenvalue weighted by molar-refractivity contribution is 0.631. The Hall–Kier alpha value is -1.10. The van der Waals surface area contributed by atoms with Gasteiger partial charge in [0.05, 0.1) is 11.5 Å². The Morgan fingerprint density at radius 1 is 1.54 bits per heavy atom. The van der Waals surface area contributed by atoms with Crippen molar-refractivity contribution in [3.8, 4) is 0 Å². The first kappa shape index (κ1) is 9.98. The summed E-state index contributed by atoms with van der Waals surface area (Å²) < 4.78 is 3.16. The van der Waals surface area contributed by atoms with Gasteiger partial charge in [-0.05, 0) is 6.42 Å². The third-order valence-corrected chi connectivity index (χ3v) is 1.84. The third kappa shape index (κ3) is 2.42. The molecule has 0 bridgehead atoms. The van der Waals surface area contributed by atoms with Gasteiger partial charge in [-0.15, -0.1) is 0 Å². The van der Waals surface area contributed by atoms with E-state index in [9.17, 15) is 4.79 Å². The van der Waals surface area contributed by atoms with E-state index in [1.807, 2.05) is 6.92 Å². The normalized spacial score (nSPS) is 10.2. The second-order valence-electron chi connectivity index (χ2n) is 2.87. The number of rotatable bonds is 4. The molecule has 0 saturated carbocycles. The molecule has 0 aliphatic heterocycles. The van der Waals surface area contributed by atoms with Crippen LogP contribution in [0, 0.1) is 0 Å². The number of hydrogen-bond donors (Lipinski definition) is 1. The average Bonchev–Trinajstić information content (AvgIpc) is 2.36. The number of imidazole rings is 1. The van der Waals surface area contributed by atoms with Gasteiger partial charge in [-0.1, -0.05) is 19.1 Å². The van der Waals surface area contributed by atoms with Crippen LogP contribution in [0.5, 0.6) is 0 Å². The molecule has 1 aromatic heterocycles. The van der Waals surface area contributed by atoms with E-state index < -0.39 is 0 Å². The van der Waals surface area contributed by atoms with E-state index in [2.05, 4.69) is 0 Å². The van der Waals surface area contributed by atoms with Crippen molar-refractivity contribution in [2.24, 2.45) is 5.73 Å². The van der Waals surface area contributed by atoms with E-state index in [4.69, 9.17) is 18.0 Å². The molecule has 4 nitrogen and oxygen atoms in total. The van der Waals surface area contributed by atoms with Gasteiger partial charge in [0.15, 0.2) is 0 Å². The fourth-order valence-electron chi connectivity index (χ4n) is 1.15. The zero-order valence-corrected chi connectivity index (χ0v) is 8.38. The third-order valence-electron chi connectivity index (χ3n) is 1.71. The molecule has 0 unspecified atom stereocenters. The lowest BCUT2D eigenvalue weighted by atomic mass is 10.5. The average molecular weight is 199 g/mol. The Balaban J connectivity index is 2.86. The summed E-state index contributed by atoms with van der Waals surface area (Å²) in [6, 6.07) is 0. The van der Waals surface area contributed by atoms with Gasteiger partial charge in [-0.3, -0.25) is 9.13 Å². The smallest absolute Gasteiger partial charge is 0.328 e. The molecule has 0 amide bonds. The minimum Gasteiger partial charge on any atom is -0.392 e. The van der Waals surface area contributed by atoms with Crippen molar-refractivity contribution in [1.82, 2.24) is 9.13 Å². The fraction of sp³-hybridized carbons (Fsp3) is 0.500. The molecule has 0 aliphatic carbocycles. The number of nitrogens with two attached hydrogens (primary N) is 1. The van der Waals surface area contributed by atoms with Crippen LogP contribution in [0.15, 0.2) is 17.2 Å². The molecule has 0 spiro atoms. The van der Waals surface area contributed by atoms with Crippen LogP contribution in [-0.2, 0) is 13.1 Å². The van der Waals surface area contributed by atoms with Crippen LogP contribution in [0.2, 0.25) is 0 Å². The SMILES string of the molecule is CCCn1ccn(CC(N)=S)c1=O. The summed E-state index contributed by atoms with van der Waals surface area (Å²) in [4.78, 5) is 11.8. The van der Waals surface area contributed by atoms with Crippen molar-refractivity contribution >= 4 is 17.2 Å². The van der Waals surface area contributed by atoms with E-state index in [1.54, 1.807) is 17.0 Å². The van der Waals surface area contributed by atoms with Gasteiger partial charge in [-0.25, -0.2) is 4.79 Å². The monoisotopic (exact) mass is 199 g/mol. The van der Waals surface area contributed by atoms with E-state index in [-0.39, 0.29) is 5.69 Å². The first-order valence-electron chi connectivity index (χ1n) is 4.19. The van der Waals surface area contributed by atoms with Gasteiger partial charge < -0.3 is 5.73 Å². The largest absolute Gasteiger partial charge is 0.392 e. The molecule has 13 heavy (non-hydrogen) atoms. The van der Waals surface area contributed by atoms with Crippen LogP contribution in [0.1, 0.15) is 13.3 Å². The van der Waals surface area contributed by atoms with Crippen LogP contribution >= 0.6 is 12.2 Å². The van der Waals surface area contributed by atoms with Crippen molar-refractivity contribution in [2.75, 3.05) is 0 Å². The summed E-state index contributed by atoms with van der Waals surface area (Å²) in [6.07, 6.45) is 4.40. The maximum absolute atomic E-state index is 11.5. The Morgan fingerprint density at radius 3 is 2.69 bits per heavy atom. The Morgan fingerprint density at radius 2 is 2.15 bits per heavy atom. The lowest BCUT2D eigenvalue weighted by Crippen LogP contribution is -2.28. The molecule has 1 rings (SSSR count). The van der Waals surface area contributed by atoms with Gasteiger partial charge in [0.1, 0.15) is 0 Å². The van der Waals surface area contributed by atoms with Crippen LogP contribution in [-0.4, -0.2) is 14.1 Å². The maximum atomic E-state index is 11.5. The Bertz CT molecular complexity index is 353. The van der Waals surface area contributed by atoms with Crippen LogP contribution < -0.4 is 11.4 Å². The van der Waals surface area contributed by atoms with E-state index >= 15 is 0 Å². The predicted molar refractivity (Wildman–Crippen MR) is 55.8 cm³/mol. The minimum absolute atomic E-state index is 0.0466. The van der Waals surface area contributed by atoms with Gasteiger partial charge in [-0.2, -0.15) is 0 Å². The Labute approximate surface area is 82.0 Å². The molecule has 1 aromatic rings. The summed E-state index contributed by atoms with van der Waals surface area (Å²) in [6.45, 7) is 3.09. The summed E-state index contributed by atoms with van der Waals surface area (Å²) >= 11 is 4.72. The van der Waals surface area contributed by atoms with E-state index in [0.717, 1.165) is 13.0 Å². The highest BCUT2D eigenvalue weighted by Crippen LogP contribution is 1.88. The molecule has 0 aromatic carbocycles. The quantitative estimate of drug-likeness (QED) is 0.712. The lowest BCUT2D eigenvalue weighted by Gasteiger charge is -1.98. The van der Waals surface area contributed by atoms with Gasteiger partial charge in [0.2, 0.25) is 0 Å². The van der Waals surface area contributed by atoms with Crippen LogP contribution in [0.4, 0.5) is 0 Å². The zero-order chi connectivity index (χ0) is 9.84.